The van der Waals surface area contributed by atoms with Gasteiger partial charge in [0.25, 0.3) is 0 Å². The molecule has 2 fully saturated rings. The van der Waals surface area contributed by atoms with Crippen molar-refractivity contribution in [1.82, 2.24) is 5.32 Å². The zero-order valence-corrected chi connectivity index (χ0v) is 10.5. The van der Waals surface area contributed by atoms with Crippen molar-refractivity contribution in [2.24, 2.45) is 5.92 Å². The van der Waals surface area contributed by atoms with Crippen LogP contribution in [0.1, 0.15) is 30.9 Å². The first-order chi connectivity index (χ1) is 9.15. The standard InChI is InChI=1S/C14H16F3NO/c15-11-6-13(17)12(16)5-10(11)14-8(3-4-19-14)7-18-9-1-2-9/h5-6,8-9,14,18H,1-4,7H2. The minimum Gasteiger partial charge on any atom is -0.373 e. The predicted octanol–water partition coefficient (Wildman–Crippen LogP) is 2.93. The average Bonchev–Trinajstić information content (AvgIpc) is 3.09. The first-order valence-electron chi connectivity index (χ1n) is 6.64. The lowest BCUT2D eigenvalue weighted by Gasteiger charge is -2.20. The summed E-state index contributed by atoms with van der Waals surface area (Å²) in [5.74, 6) is -2.81. The van der Waals surface area contributed by atoms with E-state index in [1.165, 1.54) is 12.8 Å². The molecule has 2 nitrogen and oxygen atoms in total. The fourth-order valence-electron chi connectivity index (χ4n) is 2.55. The van der Waals surface area contributed by atoms with Crippen LogP contribution in [0.4, 0.5) is 13.2 Å². The Kier molecular flexibility index (Phi) is 3.50. The Morgan fingerprint density at radius 3 is 2.53 bits per heavy atom. The van der Waals surface area contributed by atoms with Crippen LogP contribution in [0.25, 0.3) is 0 Å². The SMILES string of the molecule is Fc1cc(F)c(C2OCCC2CNC2CC2)cc1F. The number of rotatable bonds is 4. The number of halogens is 3. The van der Waals surface area contributed by atoms with Crippen molar-refractivity contribution in [2.45, 2.75) is 31.4 Å². The Labute approximate surface area is 109 Å². The number of nitrogens with one attached hydrogen (secondary N) is 1. The molecular weight excluding hydrogens is 255 g/mol. The molecule has 1 aromatic carbocycles. The van der Waals surface area contributed by atoms with Gasteiger partial charge in [-0.1, -0.05) is 0 Å². The zero-order chi connectivity index (χ0) is 13.4. The molecule has 104 valence electrons. The summed E-state index contributed by atoms with van der Waals surface area (Å²) in [6, 6.07) is 2.08. The van der Waals surface area contributed by atoms with Crippen LogP contribution in [-0.4, -0.2) is 19.2 Å². The second-order valence-corrected chi connectivity index (χ2v) is 5.31. The molecule has 1 saturated heterocycles. The monoisotopic (exact) mass is 271 g/mol. The molecule has 1 heterocycles. The molecular formula is C14H16F3NO. The fraction of sp³-hybridized carbons (Fsp3) is 0.571. The van der Waals surface area contributed by atoms with Gasteiger partial charge in [-0.15, -0.1) is 0 Å². The van der Waals surface area contributed by atoms with Crippen molar-refractivity contribution in [3.63, 3.8) is 0 Å². The molecule has 2 aliphatic rings. The number of ether oxygens (including phenoxy) is 1. The molecule has 2 unspecified atom stereocenters. The highest BCUT2D eigenvalue weighted by Crippen LogP contribution is 2.36. The van der Waals surface area contributed by atoms with Gasteiger partial charge in [0.2, 0.25) is 0 Å². The maximum Gasteiger partial charge on any atom is 0.161 e. The fourth-order valence-corrected chi connectivity index (χ4v) is 2.55. The summed E-state index contributed by atoms with van der Waals surface area (Å²) in [7, 11) is 0. The molecule has 1 aliphatic heterocycles. The second kappa shape index (κ2) is 5.13. The minimum atomic E-state index is -1.16. The van der Waals surface area contributed by atoms with Crippen molar-refractivity contribution in [3.05, 3.63) is 35.1 Å². The number of benzene rings is 1. The van der Waals surface area contributed by atoms with Gasteiger partial charge in [-0.25, -0.2) is 13.2 Å². The molecule has 0 aromatic heterocycles. The lowest BCUT2D eigenvalue weighted by molar-refractivity contribution is 0.0869. The molecule has 0 radical (unpaired) electrons. The molecule has 1 saturated carbocycles. The van der Waals surface area contributed by atoms with Gasteiger partial charge in [-0.05, 0) is 25.3 Å². The van der Waals surface area contributed by atoms with Gasteiger partial charge in [0.1, 0.15) is 5.82 Å². The molecule has 3 rings (SSSR count). The van der Waals surface area contributed by atoms with Crippen LogP contribution in [-0.2, 0) is 4.74 Å². The summed E-state index contributed by atoms with van der Waals surface area (Å²) in [6.07, 6.45) is 2.68. The third kappa shape index (κ3) is 2.77. The van der Waals surface area contributed by atoms with Gasteiger partial charge in [0.05, 0.1) is 6.10 Å². The molecule has 1 aromatic rings. The smallest absolute Gasteiger partial charge is 0.161 e. The summed E-state index contributed by atoms with van der Waals surface area (Å²) in [5.41, 5.74) is 0.124. The van der Waals surface area contributed by atoms with E-state index in [1.807, 2.05) is 0 Å². The lowest BCUT2D eigenvalue weighted by atomic mass is 9.94. The van der Waals surface area contributed by atoms with E-state index in [0.29, 0.717) is 18.7 Å². The first-order valence-corrected chi connectivity index (χ1v) is 6.64. The van der Waals surface area contributed by atoms with E-state index in [0.717, 1.165) is 19.0 Å². The topological polar surface area (TPSA) is 21.3 Å². The van der Waals surface area contributed by atoms with Gasteiger partial charge in [-0.3, -0.25) is 0 Å². The van der Waals surface area contributed by atoms with Crippen molar-refractivity contribution in [1.29, 1.82) is 0 Å². The van der Waals surface area contributed by atoms with Gasteiger partial charge < -0.3 is 10.1 Å². The van der Waals surface area contributed by atoms with Crippen molar-refractivity contribution in [2.75, 3.05) is 13.2 Å². The van der Waals surface area contributed by atoms with E-state index in [1.54, 1.807) is 0 Å². The predicted molar refractivity (Wildman–Crippen MR) is 64.1 cm³/mol. The summed E-state index contributed by atoms with van der Waals surface area (Å²) < 4.78 is 45.5. The Morgan fingerprint density at radius 2 is 1.79 bits per heavy atom. The van der Waals surface area contributed by atoms with Crippen LogP contribution in [0.15, 0.2) is 12.1 Å². The molecule has 0 spiro atoms. The van der Waals surface area contributed by atoms with Crippen LogP contribution >= 0.6 is 0 Å². The largest absolute Gasteiger partial charge is 0.373 e. The molecule has 0 bridgehead atoms. The van der Waals surface area contributed by atoms with Gasteiger partial charge in [0, 0.05) is 36.7 Å². The second-order valence-electron chi connectivity index (χ2n) is 5.31. The Morgan fingerprint density at radius 1 is 1.05 bits per heavy atom. The normalized spacial score (nSPS) is 26.9. The maximum atomic E-state index is 13.8. The quantitative estimate of drug-likeness (QED) is 0.850. The molecule has 5 heteroatoms. The highest BCUT2D eigenvalue weighted by Gasteiger charge is 2.33. The Hall–Kier alpha value is -1.07. The minimum absolute atomic E-state index is 0.111. The average molecular weight is 271 g/mol. The molecule has 1 aliphatic carbocycles. The van der Waals surface area contributed by atoms with Crippen LogP contribution < -0.4 is 5.32 Å². The highest BCUT2D eigenvalue weighted by atomic mass is 19.2. The van der Waals surface area contributed by atoms with Crippen LogP contribution in [0.2, 0.25) is 0 Å². The molecule has 2 atom stereocenters. The summed E-state index contributed by atoms with van der Waals surface area (Å²) in [6.45, 7) is 1.26. The van der Waals surface area contributed by atoms with Gasteiger partial charge in [-0.2, -0.15) is 0 Å². The van der Waals surface area contributed by atoms with E-state index < -0.39 is 23.6 Å². The summed E-state index contributed by atoms with van der Waals surface area (Å²) in [4.78, 5) is 0. The summed E-state index contributed by atoms with van der Waals surface area (Å²) in [5, 5.41) is 3.37. The van der Waals surface area contributed by atoms with E-state index in [4.69, 9.17) is 4.74 Å². The van der Waals surface area contributed by atoms with E-state index in [2.05, 4.69) is 5.32 Å². The third-order valence-electron chi connectivity index (χ3n) is 3.81. The van der Waals surface area contributed by atoms with Crippen molar-refractivity contribution in [3.8, 4) is 0 Å². The maximum absolute atomic E-state index is 13.8. The number of hydrogen-bond acceptors (Lipinski definition) is 2. The van der Waals surface area contributed by atoms with E-state index in [9.17, 15) is 13.2 Å². The van der Waals surface area contributed by atoms with Crippen LogP contribution in [0.5, 0.6) is 0 Å². The van der Waals surface area contributed by atoms with E-state index in [-0.39, 0.29) is 11.5 Å². The van der Waals surface area contributed by atoms with Gasteiger partial charge >= 0.3 is 0 Å². The molecule has 19 heavy (non-hydrogen) atoms. The Balaban J connectivity index is 1.77. The number of hydrogen-bond donors (Lipinski definition) is 1. The van der Waals surface area contributed by atoms with Crippen molar-refractivity contribution >= 4 is 0 Å². The lowest BCUT2D eigenvalue weighted by Crippen LogP contribution is -2.27. The van der Waals surface area contributed by atoms with Gasteiger partial charge in [0.15, 0.2) is 11.6 Å². The Bertz CT molecular complexity index is 476. The van der Waals surface area contributed by atoms with E-state index >= 15 is 0 Å². The van der Waals surface area contributed by atoms with Crippen molar-refractivity contribution < 1.29 is 17.9 Å². The third-order valence-corrected chi connectivity index (χ3v) is 3.81. The highest BCUT2D eigenvalue weighted by molar-refractivity contribution is 5.23. The zero-order valence-electron chi connectivity index (χ0n) is 10.5. The first kappa shape index (κ1) is 12.9. The molecule has 0 amide bonds. The van der Waals surface area contributed by atoms with Crippen LogP contribution in [0.3, 0.4) is 0 Å². The summed E-state index contributed by atoms with van der Waals surface area (Å²) >= 11 is 0. The molecule has 1 N–H and O–H groups in total. The van der Waals surface area contributed by atoms with Crippen LogP contribution in [0, 0.1) is 23.4 Å².